The zero-order chi connectivity index (χ0) is 17.5. The van der Waals surface area contributed by atoms with Crippen LogP contribution in [0.15, 0.2) is 18.2 Å². The van der Waals surface area contributed by atoms with E-state index in [2.05, 4.69) is 22.0 Å². The summed E-state index contributed by atoms with van der Waals surface area (Å²) in [5.74, 6) is 0.387. The summed E-state index contributed by atoms with van der Waals surface area (Å²) in [5, 5.41) is 9.09. The number of nitrogens with zero attached hydrogens (tertiary/aromatic N) is 1. The first-order valence-electron chi connectivity index (χ1n) is 9.46. The summed E-state index contributed by atoms with van der Waals surface area (Å²) in [6, 6.07) is 5.73. The number of hydrogen-bond acceptors (Lipinski definition) is 4. The van der Waals surface area contributed by atoms with E-state index in [1.807, 2.05) is 12.1 Å². The molecule has 0 spiro atoms. The summed E-state index contributed by atoms with van der Waals surface area (Å²) < 4.78 is 0. The minimum atomic E-state index is -0.385. The number of carbonyl (C=O) groups excluding carboxylic acids is 2. The van der Waals surface area contributed by atoms with Crippen LogP contribution in [0.25, 0.3) is 0 Å². The molecule has 0 radical (unpaired) electrons. The molecule has 6 heteroatoms. The van der Waals surface area contributed by atoms with E-state index < -0.39 is 0 Å². The molecule has 2 saturated heterocycles. The Morgan fingerprint density at radius 2 is 2.00 bits per heavy atom. The fourth-order valence-electron chi connectivity index (χ4n) is 3.57. The summed E-state index contributed by atoms with van der Waals surface area (Å²) in [4.78, 5) is 28.9. The zero-order valence-electron chi connectivity index (χ0n) is 14.7. The van der Waals surface area contributed by atoms with Crippen LogP contribution in [0, 0.1) is 0 Å². The Morgan fingerprint density at radius 3 is 2.84 bits per heavy atom. The van der Waals surface area contributed by atoms with Gasteiger partial charge >= 0.3 is 0 Å². The van der Waals surface area contributed by atoms with E-state index in [9.17, 15) is 9.59 Å². The molecule has 6 nitrogen and oxygen atoms in total. The van der Waals surface area contributed by atoms with Crippen molar-refractivity contribution in [3.05, 3.63) is 29.6 Å². The average molecular weight is 344 g/mol. The SMILES string of the molecule is O=C(CCc1cccc(C2CCNCC2)n1)N[C@H]1CCCCNC1=O. The van der Waals surface area contributed by atoms with E-state index in [1.54, 1.807) is 0 Å². The lowest BCUT2D eigenvalue weighted by Gasteiger charge is -2.22. The Labute approximate surface area is 149 Å². The van der Waals surface area contributed by atoms with Crippen molar-refractivity contribution in [1.29, 1.82) is 0 Å². The molecule has 2 fully saturated rings. The van der Waals surface area contributed by atoms with Gasteiger partial charge in [0.1, 0.15) is 6.04 Å². The lowest BCUT2D eigenvalue weighted by atomic mass is 9.94. The molecule has 3 heterocycles. The normalized spacial score (nSPS) is 22.1. The Balaban J connectivity index is 1.50. The molecule has 2 aliphatic heterocycles. The second-order valence-corrected chi connectivity index (χ2v) is 6.98. The van der Waals surface area contributed by atoms with Gasteiger partial charge in [0.05, 0.1) is 0 Å². The van der Waals surface area contributed by atoms with Crippen molar-refractivity contribution in [2.24, 2.45) is 0 Å². The molecule has 136 valence electrons. The molecule has 3 N–H and O–H groups in total. The maximum Gasteiger partial charge on any atom is 0.242 e. The van der Waals surface area contributed by atoms with E-state index in [4.69, 9.17) is 4.98 Å². The Morgan fingerprint density at radius 1 is 1.16 bits per heavy atom. The molecule has 2 amide bonds. The van der Waals surface area contributed by atoms with Gasteiger partial charge in [-0.05, 0) is 63.7 Å². The summed E-state index contributed by atoms with van der Waals surface area (Å²) in [5.41, 5.74) is 2.10. The van der Waals surface area contributed by atoms with Gasteiger partial charge < -0.3 is 16.0 Å². The fourth-order valence-corrected chi connectivity index (χ4v) is 3.57. The van der Waals surface area contributed by atoms with E-state index in [0.717, 1.165) is 56.6 Å². The third-order valence-corrected chi connectivity index (χ3v) is 5.06. The van der Waals surface area contributed by atoms with Crippen molar-refractivity contribution >= 4 is 11.8 Å². The van der Waals surface area contributed by atoms with Crippen LogP contribution in [0.2, 0.25) is 0 Å². The standard InChI is InChI=1S/C19H28N4O2/c24-18(23-17-5-1-2-11-21-19(17)25)8-7-15-4-3-6-16(22-15)14-9-12-20-13-10-14/h3-4,6,14,17,20H,1-2,5,7-13H2,(H,21,25)(H,23,24)/t17-/m0/s1. The van der Waals surface area contributed by atoms with Gasteiger partial charge in [0.15, 0.2) is 0 Å². The van der Waals surface area contributed by atoms with Gasteiger partial charge in [-0.15, -0.1) is 0 Å². The van der Waals surface area contributed by atoms with Gasteiger partial charge in [-0.2, -0.15) is 0 Å². The van der Waals surface area contributed by atoms with Crippen LogP contribution in [-0.4, -0.2) is 42.5 Å². The molecule has 0 bridgehead atoms. The second-order valence-electron chi connectivity index (χ2n) is 6.98. The van der Waals surface area contributed by atoms with E-state index in [0.29, 0.717) is 25.3 Å². The molecule has 25 heavy (non-hydrogen) atoms. The number of carbonyl (C=O) groups is 2. The highest BCUT2D eigenvalue weighted by atomic mass is 16.2. The topological polar surface area (TPSA) is 83.1 Å². The predicted octanol–water partition coefficient (Wildman–Crippen LogP) is 1.27. The van der Waals surface area contributed by atoms with Gasteiger partial charge in [-0.25, -0.2) is 0 Å². The number of amides is 2. The molecule has 0 aliphatic carbocycles. The number of piperidine rings is 1. The van der Waals surface area contributed by atoms with Crippen LogP contribution < -0.4 is 16.0 Å². The maximum atomic E-state index is 12.2. The molecule has 3 rings (SSSR count). The van der Waals surface area contributed by atoms with Crippen LogP contribution in [0.3, 0.4) is 0 Å². The average Bonchev–Trinajstić information content (AvgIpc) is 2.85. The Kier molecular flexibility index (Phi) is 6.39. The predicted molar refractivity (Wildman–Crippen MR) is 96.2 cm³/mol. The van der Waals surface area contributed by atoms with Crippen molar-refractivity contribution in [3.63, 3.8) is 0 Å². The Bertz CT molecular complexity index is 599. The number of nitrogens with one attached hydrogen (secondary N) is 3. The maximum absolute atomic E-state index is 12.2. The summed E-state index contributed by atoms with van der Waals surface area (Å²) in [6.45, 7) is 2.80. The molecule has 0 aromatic carbocycles. The van der Waals surface area contributed by atoms with Gasteiger partial charge in [0.2, 0.25) is 11.8 Å². The number of pyridine rings is 1. The lowest BCUT2D eigenvalue weighted by molar-refractivity contribution is -0.128. The Hall–Kier alpha value is -1.95. The molecule has 0 saturated carbocycles. The first-order chi connectivity index (χ1) is 12.2. The first kappa shape index (κ1) is 17.9. The molecule has 1 aromatic heterocycles. The number of aryl methyl sites for hydroxylation is 1. The van der Waals surface area contributed by atoms with Gasteiger partial charge in [-0.3, -0.25) is 14.6 Å². The number of hydrogen-bond donors (Lipinski definition) is 3. The van der Waals surface area contributed by atoms with Crippen molar-refractivity contribution < 1.29 is 9.59 Å². The molecule has 1 aromatic rings. The highest BCUT2D eigenvalue weighted by Crippen LogP contribution is 2.23. The highest BCUT2D eigenvalue weighted by molar-refractivity contribution is 5.87. The fraction of sp³-hybridized carbons (Fsp3) is 0.632. The highest BCUT2D eigenvalue weighted by Gasteiger charge is 2.22. The van der Waals surface area contributed by atoms with Crippen LogP contribution in [0.5, 0.6) is 0 Å². The summed E-state index contributed by atoms with van der Waals surface area (Å²) in [7, 11) is 0. The van der Waals surface area contributed by atoms with Crippen molar-refractivity contribution in [3.8, 4) is 0 Å². The summed E-state index contributed by atoms with van der Waals surface area (Å²) in [6.07, 6.45) is 5.88. The zero-order valence-corrected chi connectivity index (χ0v) is 14.7. The quantitative estimate of drug-likeness (QED) is 0.751. The van der Waals surface area contributed by atoms with Crippen molar-refractivity contribution in [2.75, 3.05) is 19.6 Å². The van der Waals surface area contributed by atoms with Crippen molar-refractivity contribution in [1.82, 2.24) is 20.9 Å². The molecule has 0 unspecified atom stereocenters. The summed E-state index contributed by atoms with van der Waals surface area (Å²) >= 11 is 0. The smallest absolute Gasteiger partial charge is 0.242 e. The van der Waals surface area contributed by atoms with Gasteiger partial charge in [-0.1, -0.05) is 6.07 Å². The van der Waals surface area contributed by atoms with E-state index in [-0.39, 0.29) is 17.9 Å². The van der Waals surface area contributed by atoms with E-state index >= 15 is 0 Å². The third-order valence-electron chi connectivity index (χ3n) is 5.06. The minimum absolute atomic E-state index is 0.0584. The molecule has 2 aliphatic rings. The number of rotatable bonds is 5. The van der Waals surface area contributed by atoms with Crippen LogP contribution >= 0.6 is 0 Å². The van der Waals surface area contributed by atoms with Crippen LogP contribution in [0.1, 0.15) is 55.8 Å². The second kappa shape index (κ2) is 8.94. The largest absolute Gasteiger partial charge is 0.354 e. The molecule has 1 atom stereocenters. The van der Waals surface area contributed by atoms with E-state index in [1.165, 1.54) is 0 Å². The number of aromatic nitrogens is 1. The molecular weight excluding hydrogens is 316 g/mol. The lowest BCUT2D eigenvalue weighted by Crippen LogP contribution is -2.45. The molecular formula is C19H28N4O2. The van der Waals surface area contributed by atoms with Crippen LogP contribution in [0.4, 0.5) is 0 Å². The van der Waals surface area contributed by atoms with Gasteiger partial charge in [0, 0.05) is 30.3 Å². The minimum Gasteiger partial charge on any atom is -0.354 e. The first-order valence-corrected chi connectivity index (χ1v) is 9.46. The third kappa shape index (κ3) is 5.26. The monoisotopic (exact) mass is 344 g/mol. The van der Waals surface area contributed by atoms with Gasteiger partial charge in [0.25, 0.3) is 0 Å². The van der Waals surface area contributed by atoms with Crippen LogP contribution in [-0.2, 0) is 16.0 Å². The van der Waals surface area contributed by atoms with Crippen molar-refractivity contribution in [2.45, 2.75) is 56.9 Å².